The molecule has 0 atom stereocenters. The van der Waals surface area contributed by atoms with Gasteiger partial charge in [-0.1, -0.05) is 65.8 Å². The van der Waals surface area contributed by atoms with Crippen molar-refractivity contribution >= 4 is 29.4 Å². The first-order chi connectivity index (χ1) is 13.3. The molecule has 0 amide bonds. The number of hydrogen-bond acceptors (Lipinski definition) is 4. The van der Waals surface area contributed by atoms with Crippen LogP contribution in [0.1, 0.15) is 5.56 Å². The maximum atomic E-state index is 6.04. The fourth-order valence-corrected chi connectivity index (χ4v) is 3.51. The monoisotopic (exact) mass is 393 g/mol. The van der Waals surface area contributed by atoms with E-state index in [1.165, 1.54) is 5.56 Å². The standard InChI is InChI=1S/C21H16ClN3OS/c22-17-10-12-18(13-11-17)25-20(19-9-4-14-26-19)23-24-21(25)27-15-5-8-16-6-2-1-3-7-16/h1-14H,15H2/b8-5+. The van der Waals surface area contributed by atoms with Crippen molar-refractivity contribution in [3.63, 3.8) is 0 Å². The zero-order chi connectivity index (χ0) is 18.5. The zero-order valence-electron chi connectivity index (χ0n) is 14.3. The zero-order valence-corrected chi connectivity index (χ0v) is 15.9. The molecule has 0 saturated carbocycles. The van der Waals surface area contributed by atoms with E-state index < -0.39 is 0 Å². The van der Waals surface area contributed by atoms with Gasteiger partial charge in [0.15, 0.2) is 10.9 Å². The lowest BCUT2D eigenvalue weighted by molar-refractivity contribution is 0.575. The quantitative estimate of drug-likeness (QED) is 0.377. The van der Waals surface area contributed by atoms with Crippen LogP contribution in [-0.4, -0.2) is 20.5 Å². The normalized spacial score (nSPS) is 11.3. The molecule has 4 aromatic rings. The van der Waals surface area contributed by atoms with Gasteiger partial charge in [-0.15, -0.1) is 10.2 Å². The molecule has 2 heterocycles. The highest BCUT2D eigenvalue weighted by molar-refractivity contribution is 7.99. The molecule has 0 unspecified atom stereocenters. The SMILES string of the molecule is Clc1ccc(-n2c(SC/C=C/c3ccccc3)nnc2-c2ccco2)cc1. The molecule has 0 radical (unpaired) electrons. The Morgan fingerprint density at radius 3 is 2.52 bits per heavy atom. The molecule has 0 saturated heterocycles. The second-order valence-corrected chi connectivity index (χ2v) is 7.14. The smallest absolute Gasteiger partial charge is 0.205 e. The van der Waals surface area contributed by atoms with Crippen molar-refractivity contribution in [2.45, 2.75) is 5.16 Å². The van der Waals surface area contributed by atoms with Crippen molar-refractivity contribution in [1.82, 2.24) is 14.8 Å². The van der Waals surface area contributed by atoms with E-state index in [0.29, 0.717) is 16.6 Å². The Labute approximate surface area is 166 Å². The summed E-state index contributed by atoms with van der Waals surface area (Å²) >= 11 is 7.65. The highest BCUT2D eigenvalue weighted by atomic mass is 35.5. The molecule has 0 aliphatic rings. The molecule has 2 aromatic heterocycles. The second-order valence-electron chi connectivity index (χ2n) is 5.72. The van der Waals surface area contributed by atoms with Crippen LogP contribution in [0.5, 0.6) is 0 Å². The van der Waals surface area contributed by atoms with Crippen LogP contribution in [0.2, 0.25) is 5.02 Å². The Kier molecular flexibility index (Phi) is 5.42. The molecular formula is C21H16ClN3OS. The van der Waals surface area contributed by atoms with Crippen LogP contribution in [0.3, 0.4) is 0 Å². The molecule has 0 aliphatic heterocycles. The maximum Gasteiger partial charge on any atom is 0.205 e. The summed E-state index contributed by atoms with van der Waals surface area (Å²) in [6.45, 7) is 0. The van der Waals surface area contributed by atoms with E-state index in [2.05, 4.69) is 34.5 Å². The minimum absolute atomic E-state index is 0.664. The molecule has 4 rings (SSSR count). The molecule has 2 aromatic carbocycles. The van der Waals surface area contributed by atoms with Gasteiger partial charge in [-0.05, 0) is 42.0 Å². The van der Waals surface area contributed by atoms with Crippen molar-refractivity contribution in [2.75, 3.05) is 5.75 Å². The van der Waals surface area contributed by atoms with Gasteiger partial charge >= 0.3 is 0 Å². The van der Waals surface area contributed by atoms with E-state index in [-0.39, 0.29) is 0 Å². The summed E-state index contributed by atoms with van der Waals surface area (Å²) in [4.78, 5) is 0. The van der Waals surface area contributed by atoms with Gasteiger partial charge in [0, 0.05) is 16.5 Å². The third-order valence-electron chi connectivity index (χ3n) is 3.88. The lowest BCUT2D eigenvalue weighted by Gasteiger charge is -2.08. The van der Waals surface area contributed by atoms with Crippen molar-refractivity contribution in [1.29, 1.82) is 0 Å². The minimum atomic E-state index is 0.664. The largest absolute Gasteiger partial charge is 0.461 e. The van der Waals surface area contributed by atoms with Gasteiger partial charge in [0.1, 0.15) is 0 Å². The summed E-state index contributed by atoms with van der Waals surface area (Å²) in [5, 5.41) is 10.2. The minimum Gasteiger partial charge on any atom is -0.461 e. The third kappa shape index (κ3) is 4.15. The van der Waals surface area contributed by atoms with Gasteiger partial charge in [0.05, 0.1) is 6.26 Å². The first-order valence-corrected chi connectivity index (χ1v) is 9.77. The second kappa shape index (κ2) is 8.29. The average Bonchev–Trinajstić information content (AvgIpc) is 3.36. The Morgan fingerprint density at radius 2 is 1.78 bits per heavy atom. The number of benzene rings is 2. The Morgan fingerprint density at radius 1 is 0.963 bits per heavy atom. The Hall–Kier alpha value is -2.76. The summed E-state index contributed by atoms with van der Waals surface area (Å²) < 4.78 is 7.51. The van der Waals surface area contributed by atoms with E-state index in [0.717, 1.165) is 16.6 Å². The average molecular weight is 394 g/mol. The van der Waals surface area contributed by atoms with E-state index in [4.69, 9.17) is 16.0 Å². The molecule has 0 spiro atoms. The van der Waals surface area contributed by atoms with Gasteiger partial charge in [-0.2, -0.15) is 0 Å². The molecule has 0 N–H and O–H groups in total. The van der Waals surface area contributed by atoms with Gasteiger partial charge in [-0.3, -0.25) is 4.57 Å². The van der Waals surface area contributed by atoms with Crippen LogP contribution < -0.4 is 0 Å². The van der Waals surface area contributed by atoms with Crippen LogP contribution in [0.15, 0.2) is 88.6 Å². The highest BCUT2D eigenvalue weighted by Gasteiger charge is 2.17. The van der Waals surface area contributed by atoms with Gasteiger partial charge in [0.2, 0.25) is 5.82 Å². The van der Waals surface area contributed by atoms with Gasteiger partial charge < -0.3 is 4.42 Å². The van der Waals surface area contributed by atoms with Crippen LogP contribution in [0, 0.1) is 0 Å². The number of halogens is 1. The fourth-order valence-electron chi connectivity index (χ4n) is 2.62. The van der Waals surface area contributed by atoms with Crippen LogP contribution in [0.4, 0.5) is 0 Å². The Balaban J connectivity index is 1.60. The molecule has 0 aliphatic carbocycles. The fraction of sp³-hybridized carbons (Fsp3) is 0.0476. The molecular weight excluding hydrogens is 378 g/mol. The predicted molar refractivity (Wildman–Crippen MR) is 110 cm³/mol. The summed E-state index contributed by atoms with van der Waals surface area (Å²) in [6, 6.07) is 21.5. The topological polar surface area (TPSA) is 43.9 Å². The molecule has 0 bridgehead atoms. The van der Waals surface area contributed by atoms with Crippen LogP contribution >= 0.6 is 23.4 Å². The number of rotatable bonds is 6. The van der Waals surface area contributed by atoms with Crippen LogP contribution in [0.25, 0.3) is 23.3 Å². The van der Waals surface area contributed by atoms with E-state index in [1.807, 2.05) is 59.2 Å². The molecule has 6 heteroatoms. The van der Waals surface area contributed by atoms with Gasteiger partial charge in [0.25, 0.3) is 0 Å². The molecule has 27 heavy (non-hydrogen) atoms. The number of aromatic nitrogens is 3. The maximum absolute atomic E-state index is 6.04. The number of thioether (sulfide) groups is 1. The summed E-state index contributed by atoms with van der Waals surface area (Å²) in [5.74, 6) is 2.11. The predicted octanol–water partition coefficient (Wildman–Crippen LogP) is 5.99. The summed E-state index contributed by atoms with van der Waals surface area (Å²) in [7, 11) is 0. The van der Waals surface area contributed by atoms with E-state index >= 15 is 0 Å². The lowest BCUT2D eigenvalue weighted by Crippen LogP contribution is -1.99. The van der Waals surface area contributed by atoms with E-state index in [9.17, 15) is 0 Å². The first kappa shape index (κ1) is 17.6. The third-order valence-corrected chi connectivity index (χ3v) is 5.01. The van der Waals surface area contributed by atoms with Crippen molar-refractivity contribution in [2.24, 2.45) is 0 Å². The molecule has 134 valence electrons. The van der Waals surface area contributed by atoms with Crippen LogP contribution in [-0.2, 0) is 0 Å². The van der Waals surface area contributed by atoms with Crippen molar-refractivity contribution in [3.8, 4) is 17.3 Å². The summed E-state index contributed by atoms with van der Waals surface area (Å²) in [6.07, 6.45) is 5.85. The molecule has 0 fully saturated rings. The van der Waals surface area contributed by atoms with Crippen molar-refractivity contribution in [3.05, 3.63) is 89.7 Å². The number of hydrogen-bond donors (Lipinski definition) is 0. The highest BCUT2D eigenvalue weighted by Crippen LogP contribution is 2.29. The molecule has 4 nitrogen and oxygen atoms in total. The van der Waals surface area contributed by atoms with E-state index in [1.54, 1.807) is 18.0 Å². The Bertz CT molecular complexity index is 1030. The van der Waals surface area contributed by atoms with Gasteiger partial charge in [-0.25, -0.2) is 0 Å². The number of furan rings is 1. The summed E-state index contributed by atoms with van der Waals surface area (Å²) in [5.41, 5.74) is 2.11. The number of nitrogens with zero attached hydrogens (tertiary/aromatic N) is 3. The van der Waals surface area contributed by atoms with Crippen molar-refractivity contribution < 1.29 is 4.42 Å². The lowest BCUT2D eigenvalue weighted by atomic mass is 10.2. The first-order valence-electron chi connectivity index (χ1n) is 8.41.